The molecule has 1 atom stereocenters. The molecule has 0 aliphatic heterocycles. The van der Waals surface area contributed by atoms with Crippen LogP contribution in [-0.4, -0.2) is 0 Å². The van der Waals surface area contributed by atoms with E-state index in [1.807, 2.05) is 12.1 Å². The molecular weight excluding hydrogens is 319 g/mol. The van der Waals surface area contributed by atoms with Crippen molar-refractivity contribution >= 4 is 14.5 Å². The van der Waals surface area contributed by atoms with Crippen LogP contribution in [0.2, 0.25) is 0 Å². The molecule has 0 bridgehead atoms. The van der Waals surface area contributed by atoms with Crippen LogP contribution in [0, 0.1) is 0 Å². The van der Waals surface area contributed by atoms with Gasteiger partial charge in [0.25, 0.3) is 0 Å². The number of rotatable bonds is 3. The van der Waals surface area contributed by atoms with Gasteiger partial charge in [0.1, 0.15) is 0 Å². The summed E-state index contributed by atoms with van der Waals surface area (Å²) in [5, 5.41) is 1.32. The maximum absolute atomic E-state index is 2.73. The van der Waals surface area contributed by atoms with E-state index >= 15 is 0 Å². The molecule has 0 aromatic heterocycles. The van der Waals surface area contributed by atoms with Crippen molar-refractivity contribution in [3.63, 3.8) is 0 Å². The highest BCUT2D eigenvalue weighted by atomic mass is 31.0. The molecule has 0 heterocycles. The van der Waals surface area contributed by atoms with Gasteiger partial charge < -0.3 is 0 Å². The second-order valence-electron chi connectivity index (χ2n) is 5.73. The van der Waals surface area contributed by atoms with Gasteiger partial charge in [-0.25, -0.2) is 0 Å². The maximum Gasteiger partial charge on any atom is -0.0271 e. The van der Waals surface area contributed by atoms with Gasteiger partial charge in [-0.05, 0) is 41.3 Å². The van der Waals surface area contributed by atoms with Crippen molar-refractivity contribution in [2.24, 2.45) is 0 Å². The molecule has 3 aromatic rings. The lowest BCUT2D eigenvalue weighted by Crippen LogP contribution is -1.97. The molecule has 3 rings (SSSR count). The quantitative estimate of drug-likeness (QED) is 0.490. The second kappa shape index (κ2) is 13.4. The van der Waals surface area contributed by atoms with Crippen molar-refractivity contribution in [1.29, 1.82) is 0 Å². The third-order valence-electron chi connectivity index (χ3n) is 3.94. The predicted octanol–water partition coefficient (Wildman–Crippen LogP) is 6.25. The topological polar surface area (TPSA) is 0 Å². The van der Waals surface area contributed by atoms with Gasteiger partial charge >= 0.3 is 0 Å². The maximum atomic E-state index is 2.73. The molecule has 0 radical (unpaired) electrons. The number of aryl methyl sites for hydroxylation is 3. The van der Waals surface area contributed by atoms with Gasteiger partial charge in [0.15, 0.2) is 0 Å². The predicted molar refractivity (Wildman–Crippen MR) is 117 cm³/mol. The average Bonchev–Trinajstić information content (AvgIpc) is 2.70. The van der Waals surface area contributed by atoms with Crippen LogP contribution in [0.1, 0.15) is 37.5 Å². The van der Waals surface area contributed by atoms with Crippen LogP contribution in [0.4, 0.5) is 0 Å². The first-order chi connectivity index (χ1) is 12.2. The van der Waals surface area contributed by atoms with Crippen LogP contribution in [0.25, 0.3) is 0 Å². The fourth-order valence-corrected chi connectivity index (χ4v) is 2.70. The molecule has 0 spiro atoms. The average molecular weight is 350 g/mol. The first-order valence-electron chi connectivity index (χ1n) is 9.12. The monoisotopic (exact) mass is 350 g/mol. The van der Waals surface area contributed by atoms with Crippen molar-refractivity contribution in [2.75, 3.05) is 0 Å². The zero-order chi connectivity index (χ0) is 18.3. The molecule has 0 saturated carbocycles. The minimum Gasteiger partial charge on any atom is -0.105 e. The number of benzene rings is 3. The highest BCUT2D eigenvalue weighted by molar-refractivity contribution is 7.27. The van der Waals surface area contributed by atoms with Crippen molar-refractivity contribution in [1.82, 2.24) is 0 Å². The smallest absolute Gasteiger partial charge is 0.0271 e. The lowest BCUT2D eigenvalue weighted by molar-refractivity contribution is 1.14. The summed E-state index contributed by atoms with van der Waals surface area (Å²) in [6.45, 7) is 6.49. The van der Waals surface area contributed by atoms with Crippen molar-refractivity contribution < 1.29 is 0 Å². The molecule has 3 aromatic carbocycles. The minimum atomic E-state index is 1.12. The van der Waals surface area contributed by atoms with E-state index in [1.165, 1.54) is 22.0 Å². The minimum absolute atomic E-state index is 1.12. The Balaban J connectivity index is 0.000000188. The molecular formula is C24H31P. The molecule has 132 valence electrons. The van der Waals surface area contributed by atoms with E-state index in [0.29, 0.717) is 0 Å². The first-order valence-corrected chi connectivity index (χ1v) is 9.70. The Morgan fingerprint density at radius 1 is 0.520 bits per heavy atom. The van der Waals surface area contributed by atoms with E-state index in [1.54, 1.807) is 0 Å². The SMILES string of the molecule is CCc1ccccc1.CCc1ccccc1.CCc1ccccc1P. The summed E-state index contributed by atoms with van der Waals surface area (Å²) in [6.07, 6.45) is 3.40. The van der Waals surface area contributed by atoms with Gasteiger partial charge in [-0.3, -0.25) is 0 Å². The summed E-state index contributed by atoms with van der Waals surface area (Å²) in [5.41, 5.74) is 4.24. The summed E-state index contributed by atoms with van der Waals surface area (Å²) in [4.78, 5) is 0. The van der Waals surface area contributed by atoms with E-state index in [-0.39, 0.29) is 0 Å². The van der Waals surface area contributed by atoms with Crippen molar-refractivity contribution in [2.45, 2.75) is 40.0 Å². The van der Waals surface area contributed by atoms with E-state index in [4.69, 9.17) is 0 Å². The zero-order valence-corrected chi connectivity index (χ0v) is 16.9. The summed E-state index contributed by atoms with van der Waals surface area (Å²) in [7, 11) is 2.73. The standard InChI is InChI=1S/C8H11P.2C8H10/c1-2-7-5-3-4-6-8(7)9;2*1-2-8-6-4-3-5-7-8/h3-6H,2,9H2,1H3;2*3-7H,2H2,1H3. The Morgan fingerprint density at radius 2 is 0.920 bits per heavy atom. The van der Waals surface area contributed by atoms with Gasteiger partial charge in [0.2, 0.25) is 0 Å². The van der Waals surface area contributed by atoms with Crippen LogP contribution in [0.5, 0.6) is 0 Å². The Kier molecular flexibility index (Phi) is 11.3. The molecule has 0 amide bonds. The van der Waals surface area contributed by atoms with Crippen molar-refractivity contribution in [3.05, 3.63) is 102 Å². The largest absolute Gasteiger partial charge is 0.105 e. The Labute approximate surface area is 156 Å². The van der Waals surface area contributed by atoms with E-state index in [2.05, 4.69) is 103 Å². The van der Waals surface area contributed by atoms with E-state index < -0.39 is 0 Å². The fourth-order valence-electron chi connectivity index (χ4n) is 2.28. The Morgan fingerprint density at radius 3 is 1.20 bits per heavy atom. The van der Waals surface area contributed by atoms with Crippen LogP contribution < -0.4 is 5.30 Å². The molecule has 1 heteroatoms. The summed E-state index contributed by atoms with van der Waals surface area (Å²) < 4.78 is 0. The fraction of sp³-hybridized carbons (Fsp3) is 0.250. The molecule has 0 aliphatic rings. The van der Waals surface area contributed by atoms with Crippen LogP contribution in [-0.2, 0) is 19.3 Å². The van der Waals surface area contributed by atoms with Crippen LogP contribution in [0.3, 0.4) is 0 Å². The normalized spacial score (nSPS) is 9.28. The molecule has 0 aliphatic carbocycles. The van der Waals surface area contributed by atoms with Crippen molar-refractivity contribution in [3.8, 4) is 0 Å². The first kappa shape index (κ1) is 21.1. The van der Waals surface area contributed by atoms with Crippen LogP contribution >= 0.6 is 9.24 Å². The zero-order valence-electron chi connectivity index (χ0n) is 15.8. The highest BCUT2D eigenvalue weighted by Crippen LogP contribution is 2.00. The van der Waals surface area contributed by atoms with E-state index in [0.717, 1.165) is 19.3 Å². The number of hydrogen-bond acceptors (Lipinski definition) is 0. The Bertz CT molecular complexity index is 635. The molecule has 0 N–H and O–H groups in total. The third kappa shape index (κ3) is 9.22. The molecule has 0 fully saturated rings. The summed E-state index contributed by atoms with van der Waals surface area (Å²) >= 11 is 0. The molecule has 1 unspecified atom stereocenters. The lowest BCUT2D eigenvalue weighted by atomic mass is 10.2. The summed E-state index contributed by atoms with van der Waals surface area (Å²) in [5.74, 6) is 0. The third-order valence-corrected chi connectivity index (χ3v) is 4.50. The van der Waals surface area contributed by atoms with Gasteiger partial charge in [-0.15, -0.1) is 9.24 Å². The van der Waals surface area contributed by atoms with E-state index in [9.17, 15) is 0 Å². The van der Waals surface area contributed by atoms with Gasteiger partial charge in [-0.1, -0.05) is 106 Å². The second-order valence-corrected chi connectivity index (χ2v) is 6.35. The molecule has 0 saturated heterocycles. The van der Waals surface area contributed by atoms with Gasteiger partial charge in [0, 0.05) is 0 Å². The molecule has 0 nitrogen and oxygen atoms in total. The summed E-state index contributed by atoms with van der Waals surface area (Å²) in [6, 6.07) is 29.3. The number of hydrogen-bond donors (Lipinski definition) is 0. The van der Waals surface area contributed by atoms with Gasteiger partial charge in [0.05, 0.1) is 0 Å². The van der Waals surface area contributed by atoms with Crippen LogP contribution in [0.15, 0.2) is 84.9 Å². The molecule has 25 heavy (non-hydrogen) atoms. The Hall–Kier alpha value is -1.91. The highest BCUT2D eigenvalue weighted by Gasteiger charge is 1.89. The lowest BCUT2D eigenvalue weighted by Gasteiger charge is -1.98. The van der Waals surface area contributed by atoms with Gasteiger partial charge in [-0.2, -0.15) is 0 Å².